The molecule has 0 unspecified atom stereocenters. The summed E-state index contributed by atoms with van der Waals surface area (Å²) in [6.07, 6.45) is 13.3. The highest BCUT2D eigenvalue weighted by Gasteiger charge is 2.43. The molecule has 0 aromatic rings. The molecule has 0 aromatic carbocycles. The van der Waals surface area contributed by atoms with Crippen LogP contribution in [0.25, 0.3) is 0 Å². The fourth-order valence-corrected chi connectivity index (χ4v) is 3.77. The maximum absolute atomic E-state index is 5.57. The second kappa shape index (κ2) is 4.61. The third kappa shape index (κ3) is 1.89. The van der Waals surface area contributed by atoms with Crippen molar-refractivity contribution in [2.24, 2.45) is 5.41 Å². The zero-order chi connectivity index (χ0) is 11.7. The Balaban J connectivity index is 1.98. The molecule has 1 aliphatic heterocycles. The van der Waals surface area contributed by atoms with Gasteiger partial charge in [-0.15, -0.1) is 0 Å². The van der Waals surface area contributed by atoms with Crippen LogP contribution in [0.15, 0.2) is 22.8 Å². The minimum atomic E-state index is 0.399. The Hall–Kier alpha value is -0.560. The molecule has 1 nitrogen and oxygen atoms in total. The first-order valence-corrected chi connectivity index (χ1v) is 7.35. The standard InChI is InChI=1S/C16H24O/c1-2-16(11-17-12-16)15(13-7-3-4-8-13)14-9-5-6-10-14/h7H,2-6,8-12H2,1H3. The van der Waals surface area contributed by atoms with Gasteiger partial charge in [0.15, 0.2) is 0 Å². The summed E-state index contributed by atoms with van der Waals surface area (Å²) < 4.78 is 5.57. The molecule has 1 heteroatoms. The van der Waals surface area contributed by atoms with Gasteiger partial charge in [0.2, 0.25) is 0 Å². The van der Waals surface area contributed by atoms with E-state index in [2.05, 4.69) is 13.0 Å². The molecule has 94 valence electrons. The van der Waals surface area contributed by atoms with Crippen molar-refractivity contribution in [3.05, 3.63) is 22.8 Å². The van der Waals surface area contributed by atoms with Gasteiger partial charge >= 0.3 is 0 Å². The summed E-state index contributed by atoms with van der Waals surface area (Å²) in [4.78, 5) is 0. The summed E-state index contributed by atoms with van der Waals surface area (Å²) in [5.41, 5.74) is 5.62. The van der Waals surface area contributed by atoms with Crippen molar-refractivity contribution in [3.63, 3.8) is 0 Å². The predicted octanol–water partition coefficient (Wildman–Crippen LogP) is 4.39. The fraction of sp³-hybridized carbons (Fsp3) is 0.750. The summed E-state index contributed by atoms with van der Waals surface area (Å²) in [5.74, 6) is 0. The molecule has 3 aliphatic rings. The van der Waals surface area contributed by atoms with Gasteiger partial charge < -0.3 is 4.74 Å². The highest BCUT2D eigenvalue weighted by molar-refractivity contribution is 5.44. The van der Waals surface area contributed by atoms with Crippen LogP contribution in [-0.2, 0) is 4.74 Å². The molecular weight excluding hydrogens is 208 g/mol. The van der Waals surface area contributed by atoms with Crippen LogP contribution in [-0.4, -0.2) is 13.2 Å². The summed E-state index contributed by atoms with van der Waals surface area (Å²) in [6, 6.07) is 0. The Bertz CT molecular complexity index is 344. The SMILES string of the molecule is CCC1(C(C2=CCCC2)=C2CCCC2)COC1. The normalized spacial score (nSPS) is 26.9. The molecule has 1 saturated heterocycles. The van der Waals surface area contributed by atoms with Crippen molar-refractivity contribution in [2.75, 3.05) is 13.2 Å². The Morgan fingerprint density at radius 1 is 1.18 bits per heavy atom. The lowest BCUT2D eigenvalue weighted by Gasteiger charge is -2.44. The Morgan fingerprint density at radius 3 is 2.41 bits per heavy atom. The molecule has 1 heterocycles. The maximum Gasteiger partial charge on any atom is 0.0585 e. The highest BCUT2D eigenvalue weighted by atomic mass is 16.5. The maximum atomic E-state index is 5.57. The van der Waals surface area contributed by atoms with E-state index in [1.807, 2.05) is 0 Å². The Morgan fingerprint density at radius 2 is 1.94 bits per heavy atom. The molecular formula is C16H24O. The van der Waals surface area contributed by atoms with Gasteiger partial charge in [-0.25, -0.2) is 0 Å². The average Bonchev–Trinajstić information content (AvgIpc) is 2.96. The minimum Gasteiger partial charge on any atom is -0.379 e. The van der Waals surface area contributed by atoms with Crippen LogP contribution in [0.5, 0.6) is 0 Å². The molecule has 0 bridgehead atoms. The molecule has 0 atom stereocenters. The van der Waals surface area contributed by atoms with Crippen LogP contribution in [0.1, 0.15) is 58.3 Å². The molecule has 1 saturated carbocycles. The lowest BCUT2D eigenvalue weighted by molar-refractivity contribution is -0.0903. The molecule has 0 aromatic heterocycles. The van der Waals surface area contributed by atoms with Crippen molar-refractivity contribution in [3.8, 4) is 0 Å². The molecule has 0 spiro atoms. The molecule has 2 fully saturated rings. The van der Waals surface area contributed by atoms with Gasteiger partial charge in [-0.2, -0.15) is 0 Å². The van der Waals surface area contributed by atoms with E-state index >= 15 is 0 Å². The fourth-order valence-electron chi connectivity index (χ4n) is 3.77. The lowest BCUT2D eigenvalue weighted by Crippen LogP contribution is -2.44. The van der Waals surface area contributed by atoms with E-state index in [4.69, 9.17) is 4.74 Å². The third-order valence-corrected chi connectivity index (χ3v) is 4.89. The Labute approximate surface area is 105 Å². The molecule has 0 N–H and O–H groups in total. The van der Waals surface area contributed by atoms with Gasteiger partial charge in [0.05, 0.1) is 13.2 Å². The van der Waals surface area contributed by atoms with Crippen molar-refractivity contribution in [1.29, 1.82) is 0 Å². The average molecular weight is 232 g/mol. The van der Waals surface area contributed by atoms with Crippen molar-refractivity contribution >= 4 is 0 Å². The topological polar surface area (TPSA) is 9.23 Å². The van der Waals surface area contributed by atoms with E-state index in [1.54, 1.807) is 16.7 Å². The third-order valence-electron chi connectivity index (χ3n) is 4.89. The zero-order valence-corrected chi connectivity index (χ0v) is 11.1. The number of ether oxygens (including phenoxy) is 1. The van der Waals surface area contributed by atoms with Gasteiger partial charge in [-0.1, -0.05) is 18.6 Å². The van der Waals surface area contributed by atoms with Gasteiger partial charge in [0.25, 0.3) is 0 Å². The molecule has 0 radical (unpaired) electrons. The van der Waals surface area contributed by atoms with Crippen molar-refractivity contribution in [2.45, 2.75) is 58.3 Å². The Kier molecular flexibility index (Phi) is 3.12. The minimum absolute atomic E-state index is 0.399. The summed E-state index contributed by atoms with van der Waals surface area (Å²) in [6.45, 7) is 4.28. The van der Waals surface area contributed by atoms with E-state index < -0.39 is 0 Å². The van der Waals surface area contributed by atoms with Crippen LogP contribution in [0, 0.1) is 5.41 Å². The summed E-state index contributed by atoms with van der Waals surface area (Å²) >= 11 is 0. The quantitative estimate of drug-likeness (QED) is 0.701. The van der Waals surface area contributed by atoms with Crippen LogP contribution in [0.2, 0.25) is 0 Å². The van der Waals surface area contributed by atoms with Gasteiger partial charge in [-0.3, -0.25) is 0 Å². The number of hydrogen-bond acceptors (Lipinski definition) is 1. The van der Waals surface area contributed by atoms with Crippen LogP contribution in [0.4, 0.5) is 0 Å². The number of rotatable bonds is 3. The van der Waals surface area contributed by atoms with Crippen LogP contribution < -0.4 is 0 Å². The highest BCUT2D eigenvalue weighted by Crippen LogP contribution is 2.49. The molecule has 3 rings (SSSR count). The first-order valence-electron chi connectivity index (χ1n) is 7.35. The van der Waals surface area contributed by atoms with E-state index in [0.29, 0.717) is 5.41 Å². The predicted molar refractivity (Wildman–Crippen MR) is 71.0 cm³/mol. The first kappa shape index (κ1) is 11.5. The lowest BCUT2D eigenvalue weighted by atomic mass is 9.70. The van der Waals surface area contributed by atoms with Gasteiger partial charge in [0, 0.05) is 5.41 Å². The van der Waals surface area contributed by atoms with Crippen molar-refractivity contribution in [1.82, 2.24) is 0 Å². The van der Waals surface area contributed by atoms with Gasteiger partial charge in [0.1, 0.15) is 0 Å². The second-order valence-electron chi connectivity index (χ2n) is 5.93. The van der Waals surface area contributed by atoms with Crippen LogP contribution in [0.3, 0.4) is 0 Å². The number of allylic oxidation sites excluding steroid dienone is 3. The second-order valence-corrected chi connectivity index (χ2v) is 5.93. The molecule has 2 aliphatic carbocycles. The van der Waals surface area contributed by atoms with Crippen LogP contribution >= 0.6 is 0 Å². The van der Waals surface area contributed by atoms with E-state index in [0.717, 1.165) is 13.2 Å². The molecule has 0 amide bonds. The summed E-state index contributed by atoms with van der Waals surface area (Å²) in [7, 11) is 0. The zero-order valence-electron chi connectivity index (χ0n) is 11.1. The molecule has 17 heavy (non-hydrogen) atoms. The van der Waals surface area contributed by atoms with E-state index in [9.17, 15) is 0 Å². The van der Waals surface area contributed by atoms with Crippen molar-refractivity contribution < 1.29 is 4.74 Å². The number of hydrogen-bond donors (Lipinski definition) is 0. The smallest absolute Gasteiger partial charge is 0.0585 e. The van der Waals surface area contributed by atoms with Gasteiger partial charge in [-0.05, 0) is 62.5 Å². The first-order chi connectivity index (χ1) is 8.36. The largest absolute Gasteiger partial charge is 0.379 e. The monoisotopic (exact) mass is 232 g/mol. The summed E-state index contributed by atoms with van der Waals surface area (Å²) in [5, 5.41) is 0. The van der Waals surface area contributed by atoms with E-state index in [1.165, 1.54) is 51.4 Å². The van der Waals surface area contributed by atoms with E-state index in [-0.39, 0.29) is 0 Å².